The monoisotopic (exact) mass is 345 g/mol. The van der Waals surface area contributed by atoms with Crippen LogP contribution in [0.1, 0.15) is 17.3 Å². The number of aliphatic carboxylic acids is 1. The van der Waals surface area contributed by atoms with E-state index in [0.717, 1.165) is 23.1 Å². The van der Waals surface area contributed by atoms with Gasteiger partial charge in [0.05, 0.1) is 29.4 Å². The van der Waals surface area contributed by atoms with Gasteiger partial charge in [0.1, 0.15) is 5.82 Å². The van der Waals surface area contributed by atoms with Gasteiger partial charge in [-0.05, 0) is 18.2 Å². The maximum Gasteiger partial charge on any atom is 0.328 e. The summed E-state index contributed by atoms with van der Waals surface area (Å²) in [5.74, 6) is -3.23. The highest BCUT2D eigenvalue weighted by atomic mass is 32.2. The first-order chi connectivity index (χ1) is 10.8. The van der Waals surface area contributed by atoms with Gasteiger partial charge in [0.2, 0.25) is 0 Å². The third-order valence-corrected chi connectivity index (χ3v) is 5.31. The molecule has 7 nitrogen and oxygen atoms in total. The minimum absolute atomic E-state index is 0.0139. The number of hydrogen-bond acceptors (Lipinski definition) is 5. The molecule has 0 spiro atoms. The lowest BCUT2D eigenvalue weighted by Crippen LogP contribution is -2.52. The van der Waals surface area contributed by atoms with Gasteiger partial charge in [0.25, 0.3) is 5.91 Å². The number of carboxylic acid groups (broad SMARTS) is 1. The van der Waals surface area contributed by atoms with Gasteiger partial charge in [-0.1, -0.05) is 6.92 Å². The van der Waals surface area contributed by atoms with E-state index < -0.39 is 39.1 Å². The Morgan fingerprint density at radius 3 is 2.74 bits per heavy atom. The average molecular weight is 345 g/mol. The molecule has 1 amide bonds. The topological polar surface area (TPSA) is 101 Å². The molecule has 1 fully saturated rings. The van der Waals surface area contributed by atoms with Crippen molar-refractivity contribution in [3.8, 4) is 0 Å². The van der Waals surface area contributed by atoms with Crippen LogP contribution in [0, 0.1) is 5.82 Å². The van der Waals surface area contributed by atoms with E-state index >= 15 is 0 Å². The summed E-state index contributed by atoms with van der Waals surface area (Å²) in [6, 6.07) is 1.69. The smallest absolute Gasteiger partial charge is 0.328 e. The molecule has 1 aliphatic rings. The highest BCUT2D eigenvalue weighted by molar-refractivity contribution is 7.91. The van der Waals surface area contributed by atoms with E-state index in [9.17, 15) is 22.4 Å². The minimum atomic E-state index is -3.61. The maximum atomic E-state index is 14.0. The highest BCUT2D eigenvalue weighted by Crippen LogP contribution is 2.20. The first-order valence-corrected chi connectivity index (χ1v) is 8.57. The fraction of sp³-hybridized carbons (Fsp3) is 0.429. The number of nitrogens with zero attached hydrogens (tertiary/aromatic N) is 1. The second-order valence-corrected chi connectivity index (χ2v) is 7.25. The van der Waals surface area contributed by atoms with Crippen molar-refractivity contribution in [2.45, 2.75) is 17.9 Å². The van der Waals surface area contributed by atoms with Crippen molar-refractivity contribution in [3.63, 3.8) is 0 Å². The number of sulfone groups is 1. The molecule has 1 aromatic carbocycles. The van der Waals surface area contributed by atoms with Crippen LogP contribution >= 0.6 is 0 Å². The van der Waals surface area contributed by atoms with Gasteiger partial charge in [0.15, 0.2) is 15.9 Å². The summed E-state index contributed by atoms with van der Waals surface area (Å²) in [6.45, 7) is 1.35. The van der Waals surface area contributed by atoms with E-state index in [2.05, 4.69) is 0 Å². The van der Waals surface area contributed by atoms with Crippen molar-refractivity contribution in [1.29, 1.82) is 0 Å². The van der Waals surface area contributed by atoms with Gasteiger partial charge in [-0.3, -0.25) is 4.79 Å². The molecule has 1 unspecified atom stereocenters. The lowest BCUT2D eigenvalue weighted by atomic mass is 10.1. The van der Waals surface area contributed by atoms with Crippen LogP contribution in [0.5, 0.6) is 0 Å². The van der Waals surface area contributed by atoms with E-state index in [4.69, 9.17) is 9.84 Å². The molecule has 126 valence electrons. The second-order valence-electron chi connectivity index (χ2n) is 4.97. The summed E-state index contributed by atoms with van der Waals surface area (Å²) in [4.78, 5) is 24.5. The zero-order valence-corrected chi connectivity index (χ0v) is 13.2. The predicted molar refractivity (Wildman–Crippen MR) is 77.4 cm³/mol. The molecule has 0 aliphatic carbocycles. The van der Waals surface area contributed by atoms with Crippen LogP contribution in [0.3, 0.4) is 0 Å². The Kier molecular flexibility index (Phi) is 5.00. The molecule has 9 heteroatoms. The van der Waals surface area contributed by atoms with Crippen molar-refractivity contribution in [1.82, 2.24) is 4.90 Å². The predicted octanol–water partition coefficient (Wildman–Crippen LogP) is 0.545. The van der Waals surface area contributed by atoms with Crippen molar-refractivity contribution in [2.24, 2.45) is 0 Å². The lowest BCUT2D eigenvalue weighted by molar-refractivity contribution is -0.147. The fourth-order valence-corrected chi connectivity index (χ4v) is 3.14. The highest BCUT2D eigenvalue weighted by Gasteiger charge is 2.34. The summed E-state index contributed by atoms with van der Waals surface area (Å²) in [7, 11) is -3.61. The number of amides is 1. The summed E-state index contributed by atoms with van der Waals surface area (Å²) < 4.78 is 42.7. The molecular formula is C14H16FNO6S. The maximum absolute atomic E-state index is 14.0. The standard InChI is InChI=1S/C14H16FNO6S/c1-2-23(20,21)9-3-4-11(15)10(7-9)13(17)16-5-6-22-8-12(16)14(18)19/h3-4,7,12H,2,5-6,8H2,1H3,(H,18,19). The molecule has 0 radical (unpaired) electrons. The van der Waals surface area contributed by atoms with Crippen LogP contribution in [0.2, 0.25) is 0 Å². The minimum Gasteiger partial charge on any atom is -0.480 e. The van der Waals surface area contributed by atoms with Crippen LogP contribution < -0.4 is 0 Å². The number of morpholine rings is 1. The molecule has 2 rings (SSSR count). The molecule has 23 heavy (non-hydrogen) atoms. The average Bonchev–Trinajstić information content (AvgIpc) is 2.54. The summed E-state index contributed by atoms with van der Waals surface area (Å²) in [5.41, 5.74) is -0.465. The Labute approximate surface area is 132 Å². The largest absolute Gasteiger partial charge is 0.480 e. The molecule has 1 saturated heterocycles. The number of carbonyl (C=O) groups excluding carboxylic acids is 1. The Morgan fingerprint density at radius 1 is 1.43 bits per heavy atom. The van der Waals surface area contributed by atoms with Gasteiger partial charge in [0, 0.05) is 6.54 Å². The second kappa shape index (κ2) is 6.63. The molecule has 1 heterocycles. The Bertz CT molecular complexity index is 733. The van der Waals surface area contributed by atoms with E-state index in [1.807, 2.05) is 0 Å². The van der Waals surface area contributed by atoms with Crippen LogP contribution in [-0.2, 0) is 19.4 Å². The normalized spacial score (nSPS) is 18.7. The molecule has 1 aromatic rings. The molecule has 0 saturated carbocycles. The van der Waals surface area contributed by atoms with Gasteiger partial charge in [-0.2, -0.15) is 0 Å². The van der Waals surface area contributed by atoms with E-state index in [1.165, 1.54) is 6.92 Å². The first-order valence-electron chi connectivity index (χ1n) is 6.91. The van der Waals surface area contributed by atoms with Crippen LogP contribution in [0.15, 0.2) is 23.1 Å². The van der Waals surface area contributed by atoms with Crippen LogP contribution in [-0.4, -0.2) is 61.9 Å². The zero-order valence-electron chi connectivity index (χ0n) is 12.4. The zero-order chi connectivity index (χ0) is 17.2. The summed E-state index contributed by atoms with van der Waals surface area (Å²) >= 11 is 0. The summed E-state index contributed by atoms with van der Waals surface area (Å²) in [5, 5.41) is 9.13. The SMILES string of the molecule is CCS(=O)(=O)c1ccc(F)c(C(=O)N2CCOCC2C(=O)O)c1. The number of rotatable bonds is 4. The summed E-state index contributed by atoms with van der Waals surface area (Å²) in [6.07, 6.45) is 0. The van der Waals surface area contributed by atoms with Gasteiger partial charge >= 0.3 is 5.97 Å². The number of hydrogen-bond donors (Lipinski definition) is 1. The number of carbonyl (C=O) groups is 2. The molecule has 1 aliphatic heterocycles. The third-order valence-electron chi connectivity index (χ3n) is 3.58. The van der Waals surface area contributed by atoms with Crippen molar-refractivity contribution >= 4 is 21.7 Å². The van der Waals surface area contributed by atoms with Gasteiger partial charge in [-0.25, -0.2) is 17.6 Å². The van der Waals surface area contributed by atoms with Crippen LogP contribution in [0.25, 0.3) is 0 Å². The Hall–Kier alpha value is -2.00. The molecule has 1 atom stereocenters. The van der Waals surface area contributed by atoms with Crippen molar-refractivity contribution < 1.29 is 32.2 Å². The van der Waals surface area contributed by atoms with E-state index in [0.29, 0.717) is 0 Å². The van der Waals surface area contributed by atoms with Crippen LogP contribution in [0.4, 0.5) is 4.39 Å². The quantitative estimate of drug-likeness (QED) is 0.800. The van der Waals surface area contributed by atoms with Gasteiger partial charge < -0.3 is 14.7 Å². The Morgan fingerprint density at radius 2 is 2.13 bits per heavy atom. The molecular weight excluding hydrogens is 329 g/mol. The van der Waals surface area contributed by atoms with E-state index in [-0.39, 0.29) is 30.4 Å². The van der Waals surface area contributed by atoms with Crippen molar-refractivity contribution in [3.05, 3.63) is 29.6 Å². The molecule has 1 N–H and O–H groups in total. The molecule has 0 bridgehead atoms. The van der Waals surface area contributed by atoms with Gasteiger partial charge in [-0.15, -0.1) is 0 Å². The third kappa shape index (κ3) is 3.50. The number of benzene rings is 1. The lowest BCUT2D eigenvalue weighted by Gasteiger charge is -2.33. The number of ether oxygens (including phenoxy) is 1. The van der Waals surface area contributed by atoms with Crippen molar-refractivity contribution in [2.75, 3.05) is 25.5 Å². The fourth-order valence-electron chi connectivity index (χ4n) is 2.23. The number of halogens is 1. The first kappa shape index (κ1) is 17.4. The number of carboxylic acids is 1. The Balaban J connectivity index is 2.42. The molecule has 0 aromatic heterocycles. The van der Waals surface area contributed by atoms with E-state index in [1.54, 1.807) is 0 Å².